The highest BCUT2D eigenvalue weighted by Crippen LogP contribution is 2.39. The van der Waals surface area contributed by atoms with Crippen LogP contribution in [0.5, 0.6) is 0 Å². The summed E-state index contributed by atoms with van der Waals surface area (Å²) in [6.07, 6.45) is -11.4. The van der Waals surface area contributed by atoms with E-state index in [4.69, 9.17) is 0 Å². The molecule has 162 valence electrons. The molecule has 4 rings (SSSR count). The summed E-state index contributed by atoms with van der Waals surface area (Å²) < 4.78 is 82.0. The van der Waals surface area contributed by atoms with Crippen molar-refractivity contribution in [2.45, 2.75) is 31.9 Å². The maximum absolute atomic E-state index is 13.4. The van der Waals surface area contributed by atoms with Gasteiger partial charge in [-0.2, -0.15) is 26.3 Å². The van der Waals surface area contributed by atoms with Crippen LogP contribution in [0, 0.1) is 6.92 Å². The maximum atomic E-state index is 13.4. The van der Waals surface area contributed by atoms with Gasteiger partial charge in [0.05, 0.1) is 34.8 Å². The minimum absolute atomic E-state index is 0.195. The molecule has 0 spiro atoms. The molecule has 0 fully saturated rings. The van der Waals surface area contributed by atoms with Crippen molar-refractivity contribution in [2.24, 2.45) is 0 Å². The number of alkyl halides is 6. The van der Waals surface area contributed by atoms with Crippen LogP contribution >= 0.6 is 0 Å². The van der Waals surface area contributed by atoms with Gasteiger partial charge in [-0.1, -0.05) is 24.3 Å². The van der Waals surface area contributed by atoms with Gasteiger partial charge in [-0.3, -0.25) is 0 Å². The highest BCUT2D eigenvalue weighted by molar-refractivity contribution is 5.86. The van der Waals surface area contributed by atoms with E-state index in [9.17, 15) is 31.4 Å². The molecule has 1 atom stereocenters. The summed E-state index contributed by atoms with van der Waals surface area (Å²) in [4.78, 5) is 7.58. The Hall–Kier alpha value is -3.14. The third-order valence-corrected chi connectivity index (χ3v) is 5.03. The van der Waals surface area contributed by atoms with Gasteiger partial charge in [-0.05, 0) is 36.8 Å². The standard InChI is InChI=1S/C21H15F6N3O/c1-11-28-15-7-2-3-8-16(15)30(11)10-17(31)13-9-18(21(25,26)27)29-19-12(13)5-4-6-14(19)20(22,23)24/h2-9,17,31H,10H2,1H3. The Balaban J connectivity index is 1.90. The van der Waals surface area contributed by atoms with Crippen LogP contribution in [-0.4, -0.2) is 19.6 Å². The van der Waals surface area contributed by atoms with E-state index in [2.05, 4.69) is 9.97 Å². The van der Waals surface area contributed by atoms with Crippen molar-refractivity contribution in [3.63, 3.8) is 0 Å². The number of rotatable bonds is 3. The highest BCUT2D eigenvalue weighted by atomic mass is 19.4. The van der Waals surface area contributed by atoms with E-state index in [0.29, 0.717) is 29.0 Å². The number of imidazole rings is 1. The molecule has 0 saturated carbocycles. The Morgan fingerprint density at radius 1 is 0.935 bits per heavy atom. The second kappa shape index (κ2) is 7.23. The summed E-state index contributed by atoms with van der Waals surface area (Å²) in [7, 11) is 0. The molecule has 1 N–H and O–H groups in total. The molecule has 0 amide bonds. The number of hydrogen-bond acceptors (Lipinski definition) is 3. The Morgan fingerprint density at radius 2 is 1.65 bits per heavy atom. The first-order chi connectivity index (χ1) is 14.5. The number of aliphatic hydroxyl groups is 1. The first-order valence-corrected chi connectivity index (χ1v) is 9.15. The number of aryl methyl sites for hydroxylation is 1. The van der Waals surface area contributed by atoms with Crippen LogP contribution in [0.2, 0.25) is 0 Å². The van der Waals surface area contributed by atoms with Crippen molar-refractivity contribution in [3.05, 3.63) is 71.2 Å². The molecule has 0 bridgehead atoms. The van der Waals surface area contributed by atoms with Gasteiger partial charge in [0.25, 0.3) is 0 Å². The zero-order valence-electron chi connectivity index (χ0n) is 16.0. The summed E-state index contributed by atoms with van der Waals surface area (Å²) in [5.74, 6) is 0.505. The summed E-state index contributed by atoms with van der Waals surface area (Å²) in [5, 5.41) is 10.6. The van der Waals surface area contributed by atoms with Gasteiger partial charge in [-0.25, -0.2) is 9.97 Å². The van der Waals surface area contributed by atoms with Gasteiger partial charge in [0, 0.05) is 5.39 Å². The van der Waals surface area contributed by atoms with Gasteiger partial charge in [0.2, 0.25) is 0 Å². The topological polar surface area (TPSA) is 50.9 Å². The number of nitrogens with zero attached hydrogens (tertiary/aromatic N) is 3. The normalized spacial score (nSPS) is 13.8. The number of hydrogen-bond donors (Lipinski definition) is 1. The number of aromatic nitrogens is 3. The van der Waals surface area contributed by atoms with Crippen molar-refractivity contribution < 1.29 is 31.4 Å². The van der Waals surface area contributed by atoms with Crippen molar-refractivity contribution in [1.82, 2.24) is 14.5 Å². The van der Waals surface area contributed by atoms with E-state index in [-0.39, 0.29) is 17.5 Å². The quantitative estimate of drug-likeness (QED) is 0.419. The van der Waals surface area contributed by atoms with E-state index in [0.717, 1.165) is 6.07 Å². The van der Waals surface area contributed by atoms with E-state index < -0.39 is 35.2 Å². The monoisotopic (exact) mass is 439 g/mol. The van der Waals surface area contributed by atoms with Crippen molar-refractivity contribution >= 4 is 21.9 Å². The van der Waals surface area contributed by atoms with E-state index in [1.807, 2.05) is 0 Å². The molecule has 0 radical (unpaired) electrons. The molecule has 4 aromatic rings. The SMILES string of the molecule is Cc1nc2ccccc2n1CC(O)c1cc(C(F)(F)F)nc2c(C(F)(F)F)cccc12. The second-order valence-electron chi connectivity index (χ2n) is 7.07. The molecule has 1 unspecified atom stereocenters. The lowest BCUT2D eigenvalue weighted by molar-refractivity contribution is -0.142. The smallest absolute Gasteiger partial charge is 0.387 e. The molecular weight excluding hydrogens is 424 g/mol. The first kappa shape index (κ1) is 21.1. The Kier molecular flexibility index (Phi) is 4.92. The number of fused-ring (bicyclic) bond motifs is 2. The zero-order valence-corrected chi connectivity index (χ0v) is 16.0. The lowest BCUT2D eigenvalue weighted by atomic mass is 9.99. The van der Waals surface area contributed by atoms with E-state index in [1.54, 1.807) is 35.8 Å². The van der Waals surface area contributed by atoms with Crippen LogP contribution in [0.1, 0.15) is 28.7 Å². The predicted molar refractivity (Wildman–Crippen MR) is 101 cm³/mol. The third kappa shape index (κ3) is 3.83. The number of pyridine rings is 1. The summed E-state index contributed by atoms with van der Waals surface area (Å²) in [6.45, 7) is 1.47. The fourth-order valence-electron chi connectivity index (χ4n) is 3.62. The number of aliphatic hydroxyl groups excluding tert-OH is 1. The first-order valence-electron chi connectivity index (χ1n) is 9.15. The zero-order chi connectivity index (χ0) is 22.6. The van der Waals surface area contributed by atoms with E-state index in [1.165, 1.54) is 6.07 Å². The van der Waals surface area contributed by atoms with Crippen molar-refractivity contribution in [1.29, 1.82) is 0 Å². The van der Waals surface area contributed by atoms with E-state index >= 15 is 0 Å². The average Bonchev–Trinajstić information content (AvgIpc) is 3.00. The lowest BCUT2D eigenvalue weighted by Gasteiger charge is -2.19. The highest BCUT2D eigenvalue weighted by Gasteiger charge is 2.38. The largest absolute Gasteiger partial charge is 0.433 e. The Labute approximate surface area is 171 Å². The van der Waals surface area contributed by atoms with Crippen molar-refractivity contribution in [2.75, 3.05) is 0 Å². The number of benzene rings is 2. The van der Waals surface area contributed by atoms with Gasteiger partial charge in [-0.15, -0.1) is 0 Å². The van der Waals surface area contributed by atoms with Crippen LogP contribution in [-0.2, 0) is 18.9 Å². The van der Waals surface area contributed by atoms with Gasteiger partial charge in [0.15, 0.2) is 0 Å². The fourth-order valence-corrected chi connectivity index (χ4v) is 3.62. The average molecular weight is 439 g/mol. The van der Waals surface area contributed by atoms with Crippen LogP contribution in [0.25, 0.3) is 21.9 Å². The number of para-hydroxylation sites is 3. The molecule has 4 nitrogen and oxygen atoms in total. The number of halogens is 6. The molecule has 10 heteroatoms. The fraction of sp³-hybridized carbons (Fsp3) is 0.238. The third-order valence-electron chi connectivity index (χ3n) is 5.03. The summed E-state index contributed by atoms with van der Waals surface area (Å²) in [5.41, 5.74) is -2.68. The van der Waals surface area contributed by atoms with Crippen LogP contribution in [0.15, 0.2) is 48.5 Å². The lowest BCUT2D eigenvalue weighted by Crippen LogP contribution is -2.16. The second-order valence-corrected chi connectivity index (χ2v) is 7.07. The molecule has 2 heterocycles. The van der Waals surface area contributed by atoms with Crippen molar-refractivity contribution in [3.8, 4) is 0 Å². The molecular formula is C21H15F6N3O. The van der Waals surface area contributed by atoms with Crippen LogP contribution in [0.3, 0.4) is 0 Å². The molecule has 2 aromatic heterocycles. The molecule has 2 aromatic carbocycles. The molecule has 0 aliphatic carbocycles. The van der Waals surface area contributed by atoms with Gasteiger partial charge >= 0.3 is 12.4 Å². The summed E-state index contributed by atoms with van der Waals surface area (Å²) in [6, 6.07) is 10.5. The van der Waals surface area contributed by atoms with Gasteiger partial charge < -0.3 is 9.67 Å². The molecule has 0 aliphatic rings. The molecule has 0 saturated heterocycles. The maximum Gasteiger partial charge on any atom is 0.433 e. The molecule has 0 aliphatic heterocycles. The molecule has 31 heavy (non-hydrogen) atoms. The predicted octanol–water partition coefficient (Wildman–Crippen LogP) is 5.66. The minimum Gasteiger partial charge on any atom is -0.387 e. The van der Waals surface area contributed by atoms with Crippen LogP contribution in [0.4, 0.5) is 26.3 Å². The van der Waals surface area contributed by atoms with Crippen LogP contribution < -0.4 is 0 Å². The Morgan fingerprint density at radius 3 is 2.32 bits per heavy atom. The van der Waals surface area contributed by atoms with Gasteiger partial charge in [0.1, 0.15) is 11.5 Å². The summed E-state index contributed by atoms with van der Waals surface area (Å²) >= 11 is 0. The Bertz CT molecular complexity index is 1280. The minimum atomic E-state index is -4.99.